The Morgan fingerprint density at radius 3 is 1.75 bits per heavy atom. The maximum Gasteiger partial charge on any atom is 0.232 e. The average molecular weight is 490 g/mol. The van der Waals surface area contributed by atoms with Crippen LogP contribution in [0.15, 0.2) is 60.7 Å². The van der Waals surface area contributed by atoms with Crippen LogP contribution in [-0.2, 0) is 10.2 Å². The van der Waals surface area contributed by atoms with E-state index in [0.717, 1.165) is 22.0 Å². The number of hydrogen-bond donors (Lipinski definition) is 1. The molecule has 4 rings (SSSR count). The van der Waals surface area contributed by atoms with Gasteiger partial charge in [0, 0.05) is 25.7 Å². The Balaban J connectivity index is 0.00000225. The Labute approximate surface area is 185 Å². The molecule has 1 amide bonds. The van der Waals surface area contributed by atoms with Crippen molar-refractivity contribution in [3.8, 4) is 0 Å². The summed E-state index contributed by atoms with van der Waals surface area (Å²) in [6, 6.07) is 21.7. The smallest absolute Gasteiger partial charge is 0.232 e. The number of nitrogens with zero attached hydrogens (tertiary/aromatic N) is 1. The van der Waals surface area contributed by atoms with E-state index < -0.39 is 5.41 Å². The van der Waals surface area contributed by atoms with Gasteiger partial charge < -0.3 is 34.2 Å². The molecule has 0 aliphatic carbocycles. The van der Waals surface area contributed by atoms with Crippen molar-refractivity contribution >= 4 is 5.91 Å². The lowest BCUT2D eigenvalue weighted by Gasteiger charge is -2.46. The molecule has 0 spiro atoms. The zero-order chi connectivity index (χ0) is 19.1. The first-order chi connectivity index (χ1) is 12.9. The lowest BCUT2D eigenvalue weighted by molar-refractivity contribution is -0.931. The van der Waals surface area contributed by atoms with E-state index >= 15 is 0 Å². The van der Waals surface area contributed by atoms with Gasteiger partial charge >= 0.3 is 0 Å². The fourth-order valence-electron chi connectivity index (χ4n) is 5.83. The highest BCUT2D eigenvalue weighted by molar-refractivity contribution is 5.90. The molecule has 2 saturated heterocycles. The second-order valence-electron chi connectivity index (χ2n) is 9.06. The van der Waals surface area contributed by atoms with E-state index in [1.807, 2.05) is 36.4 Å². The van der Waals surface area contributed by atoms with Crippen molar-refractivity contribution in [2.45, 2.75) is 49.6 Å². The van der Waals surface area contributed by atoms with Crippen molar-refractivity contribution in [3.63, 3.8) is 0 Å². The van der Waals surface area contributed by atoms with Crippen LogP contribution in [0.25, 0.3) is 0 Å². The lowest BCUT2D eigenvalue weighted by atomic mass is 9.66. The third-order valence-corrected chi connectivity index (χ3v) is 7.47. The van der Waals surface area contributed by atoms with Crippen LogP contribution < -0.4 is 29.7 Å². The van der Waals surface area contributed by atoms with E-state index in [1.165, 1.54) is 25.7 Å². The predicted octanol–water partition coefficient (Wildman–Crippen LogP) is 0.870. The molecular formula is C24H31IN2O. The van der Waals surface area contributed by atoms with Gasteiger partial charge in [-0.15, -0.1) is 0 Å². The molecule has 2 heterocycles. The van der Waals surface area contributed by atoms with Crippen molar-refractivity contribution in [1.82, 2.24) is 0 Å². The maximum atomic E-state index is 13.0. The van der Waals surface area contributed by atoms with Crippen LogP contribution in [0, 0.1) is 5.92 Å². The van der Waals surface area contributed by atoms with Gasteiger partial charge in [-0.05, 0) is 23.5 Å². The molecule has 2 aliphatic rings. The largest absolute Gasteiger partial charge is 1.00 e. The van der Waals surface area contributed by atoms with Gasteiger partial charge in [-0.25, -0.2) is 0 Å². The second kappa shape index (κ2) is 8.15. The molecule has 28 heavy (non-hydrogen) atoms. The molecule has 2 aromatic rings. The highest BCUT2D eigenvalue weighted by Crippen LogP contribution is 2.47. The summed E-state index contributed by atoms with van der Waals surface area (Å²) in [4.78, 5) is 13.0. The number of benzene rings is 2. The second-order valence-corrected chi connectivity index (χ2v) is 9.06. The molecule has 2 N–H and O–H groups in total. The topological polar surface area (TPSA) is 43.1 Å². The molecule has 0 radical (unpaired) electrons. The van der Waals surface area contributed by atoms with Crippen LogP contribution in [0.3, 0.4) is 0 Å². The fourth-order valence-corrected chi connectivity index (χ4v) is 5.83. The van der Waals surface area contributed by atoms with Crippen LogP contribution in [-0.4, -0.2) is 36.6 Å². The highest BCUT2D eigenvalue weighted by atomic mass is 127. The van der Waals surface area contributed by atoms with E-state index in [2.05, 4.69) is 38.4 Å². The van der Waals surface area contributed by atoms with E-state index in [1.54, 1.807) is 0 Å². The average Bonchev–Trinajstić information content (AvgIpc) is 2.85. The standard InChI is InChI=1S/C24H30N2O.HI/c1-26(2)21-13-14-22(26)16-18(15-21)17-24(23(25)27,19-9-5-3-6-10-19)20-11-7-4-8-12-20;/h3-12,18,21-22H,13-17H2,1-2H3,(H-,25,27);1H/t18-,21+,22-;. The molecule has 2 aliphatic heterocycles. The molecule has 2 aromatic carbocycles. The van der Waals surface area contributed by atoms with E-state index in [-0.39, 0.29) is 29.9 Å². The summed E-state index contributed by atoms with van der Waals surface area (Å²) < 4.78 is 1.15. The first-order valence-electron chi connectivity index (χ1n) is 10.2. The van der Waals surface area contributed by atoms with E-state index in [4.69, 9.17) is 5.73 Å². The van der Waals surface area contributed by atoms with Crippen LogP contribution in [0.2, 0.25) is 0 Å². The number of amides is 1. The number of primary amides is 1. The fraction of sp³-hybridized carbons (Fsp3) is 0.458. The third kappa shape index (κ3) is 3.50. The molecule has 0 unspecified atom stereocenters. The SMILES string of the molecule is C[N+]1(C)[C@@H]2CC[C@H]1C[C@@H](CC(C(N)=O)(c1ccccc1)c1ccccc1)C2.[I-]. The van der Waals surface area contributed by atoms with Crippen molar-refractivity contribution in [3.05, 3.63) is 71.8 Å². The Morgan fingerprint density at radius 1 is 0.929 bits per heavy atom. The number of quaternary nitrogens is 1. The summed E-state index contributed by atoms with van der Waals surface area (Å²) in [7, 11) is 4.77. The Kier molecular flexibility index (Phi) is 6.20. The minimum atomic E-state index is -0.749. The minimum absolute atomic E-state index is 0. The van der Waals surface area contributed by atoms with Crippen molar-refractivity contribution in [2.24, 2.45) is 11.7 Å². The van der Waals surface area contributed by atoms with Crippen LogP contribution in [0.5, 0.6) is 0 Å². The zero-order valence-electron chi connectivity index (χ0n) is 16.9. The number of nitrogens with two attached hydrogens (primary N) is 1. The summed E-state index contributed by atoms with van der Waals surface area (Å²) in [5, 5.41) is 0. The zero-order valence-corrected chi connectivity index (χ0v) is 19.0. The molecule has 4 heteroatoms. The van der Waals surface area contributed by atoms with Gasteiger partial charge in [0.1, 0.15) is 0 Å². The van der Waals surface area contributed by atoms with Crippen molar-refractivity contribution < 1.29 is 33.3 Å². The summed E-state index contributed by atoms with van der Waals surface area (Å²) in [6.07, 6.45) is 5.82. The van der Waals surface area contributed by atoms with Gasteiger partial charge in [0.05, 0.1) is 31.6 Å². The highest BCUT2D eigenvalue weighted by Gasteiger charge is 2.51. The normalized spacial score (nSPS) is 25.7. The van der Waals surface area contributed by atoms with Gasteiger partial charge in [0.25, 0.3) is 0 Å². The van der Waals surface area contributed by atoms with Gasteiger partial charge in [0.2, 0.25) is 5.91 Å². The lowest BCUT2D eigenvalue weighted by Crippen LogP contribution is -3.00. The van der Waals surface area contributed by atoms with Gasteiger partial charge in [-0.3, -0.25) is 4.79 Å². The number of piperidine rings is 1. The monoisotopic (exact) mass is 490 g/mol. The predicted molar refractivity (Wildman–Crippen MR) is 109 cm³/mol. The Hall–Kier alpha value is -1.40. The summed E-state index contributed by atoms with van der Waals surface area (Å²) >= 11 is 0. The first-order valence-corrected chi connectivity index (χ1v) is 10.2. The summed E-state index contributed by atoms with van der Waals surface area (Å²) in [5.41, 5.74) is 7.45. The maximum absolute atomic E-state index is 13.0. The molecule has 150 valence electrons. The number of fused-ring (bicyclic) bond motifs is 2. The molecule has 2 fully saturated rings. The van der Waals surface area contributed by atoms with E-state index in [9.17, 15) is 4.79 Å². The summed E-state index contributed by atoms with van der Waals surface area (Å²) in [6.45, 7) is 0. The number of rotatable bonds is 5. The first kappa shape index (κ1) is 21.3. The Bertz CT molecular complexity index is 750. The Morgan fingerprint density at radius 2 is 1.36 bits per heavy atom. The summed E-state index contributed by atoms with van der Waals surface area (Å²) in [5.74, 6) is 0.299. The molecule has 0 saturated carbocycles. The third-order valence-electron chi connectivity index (χ3n) is 7.47. The minimum Gasteiger partial charge on any atom is -1.00 e. The van der Waals surface area contributed by atoms with Crippen molar-refractivity contribution in [1.29, 1.82) is 0 Å². The van der Waals surface area contributed by atoms with Crippen LogP contribution in [0.4, 0.5) is 0 Å². The quantitative estimate of drug-likeness (QED) is 0.491. The molecule has 3 nitrogen and oxygen atoms in total. The van der Waals surface area contributed by atoms with Gasteiger partial charge in [-0.2, -0.15) is 0 Å². The number of carbonyl (C=O) groups is 1. The van der Waals surface area contributed by atoms with Crippen LogP contribution >= 0.6 is 0 Å². The molecule has 2 bridgehead atoms. The molecule has 0 aromatic heterocycles. The molecular weight excluding hydrogens is 459 g/mol. The number of halogens is 1. The molecule has 3 atom stereocenters. The van der Waals surface area contributed by atoms with E-state index in [0.29, 0.717) is 18.0 Å². The van der Waals surface area contributed by atoms with Crippen molar-refractivity contribution in [2.75, 3.05) is 14.1 Å². The van der Waals surface area contributed by atoms with Crippen LogP contribution in [0.1, 0.15) is 43.2 Å². The van der Waals surface area contributed by atoms with Gasteiger partial charge in [0.15, 0.2) is 0 Å². The number of hydrogen-bond acceptors (Lipinski definition) is 1. The number of carbonyl (C=O) groups excluding carboxylic acids is 1. The van der Waals surface area contributed by atoms with Gasteiger partial charge in [-0.1, -0.05) is 60.7 Å².